The Bertz CT molecular complexity index is 686. The third-order valence-corrected chi connectivity index (χ3v) is 5.03. The molecule has 0 spiro atoms. The largest absolute Gasteiger partial charge is 0.355 e. The first-order valence-electron chi connectivity index (χ1n) is 7.84. The van der Waals surface area contributed by atoms with E-state index in [1.165, 1.54) is 22.9 Å². The van der Waals surface area contributed by atoms with Crippen LogP contribution in [0.3, 0.4) is 0 Å². The molecule has 0 radical (unpaired) electrons. The van der Waals surface area contributed by atoms with Crippen molar-refractivity contribution < 1.29 is 4.79 Å². The fourth-order valence-electron chi connectivity index (χ4n) is 3.47. The van der Waals surface area contributed by atoms with Crippen LogP contribution in [-0.2, 0) is 11.2 Å². The van der Waals surface area contributed by atoms with E-state index in [1.54, 1.807) is 0 Å². The van der Waals surface area contributed by atoms with Crippen molar-refractivity contribution in [3.05, 3.63) is 35.5 Å². The summed E-state index contributed by atoms with van der Waals surface area (Å²) in [5, 5.41) is 4.54. The molecular weight excluding hydrogens is 262 g/mol. The Morgan fingerprint density at radius 1 is 1.33 bits per heavy atom. The number of carbonyl (C=O) groups is 1. The van der Waals surface area contributed by atoms with Crippen molar-refractivity contribution in [2.45, 2.75) is 31.8 Å². The number of nitrogens with one attached hydrogen (secondary N) is 2. The van der Waals surface area contributed by atoms with E-state index < -0.39 is 0 Å². The van der Waals surface area contributed by atoms with Crippen LogP contribution in [0, 0.1) is 5.92 Å². The van der Waals surface area contributed by atoms with Crippen molar-refractivity contribution in [1.29, 1.82) is 0 Å². The summed E-state index contributed by atoms with van der Waals surface area (Å²) in [5.41, 5.74) is 3.70. The standard InChI is InChI=1S/C17H21N3O/c1-20-10-9-13-12-7-2-3-8-14(12)18-15(13)16(20)19-17(21)11-5-4-6-11/h2-3,7-8,11,16,18H,4-6,9-10H2,1H3,(H,19,21). The second-order valence-corrected chi connectivity index (χ2v) is 6.33. The summed E-state index contributed by atoms with van der Waals surface area (Å²) in [4.78, 5) is 18.1. The molecule has 1 amide bonds. The van der Waals surface area contributed by atoms with Crippen LogP contribution in [-0.4, -0.2) is 29.4 Å². The molecule has 0 saturated heterocycles. The number of para-hydroxylation sites is 1. The fourth-order valence-corrected chi connectivity index (χ4v) is 3.47. The summed E-state index contributed by atoms with van der Waals surface area (Å²) in [7, 11) is 2.08. The smallest absolute Gasteiger partial charge is 0.224 e. The number of likely N-dealkylation sites (N-methyl/N-ethyl adjacent to an activating group) is 1. The number of aromatic nitrogens is 1. The number of benzene rings is 1. The minimum Gasteiger partial charge on any atom is -0.355 e. The molecule has 1 aliphatic carbocycles. The lowest BCUT2D eigenvalue weighted by Crippen LogP contribution is -2.46. The van der Waals surface area contributed by atoms with E-state index >= 15 is 0 Å². The van der Waals surface area contributed by atoms with E-state index in [-0.39, 0.29) is 18.0 Å². The number of hydrogen-bond acceptors (Lipinski definition) is 2. The Morgan fingerprint density at radius 3 is 2.90 bits per heavy atom. The molecule has 1 aliphatic heterocycles. The van der Waals surface area contributed by atoms with Crippen molar-refractivity contribution >= 4 is 16.8 Å². The molecular formula is C17H21N3O. The molecule has 4 rings (SSSR count). The van der Waals surface area contributed by atoms with E-state index in [2.05, 4.69) is 46.5 Å². The highest BCUT2D eigenvalue weighted by Gasteiger charge is 2.32. The summed E-state index contributed by atoms with van der Waals surface area (Å²) in [6, 6.07) is 8.41. The van der Waals surface area contributed by atoms with Crippen molar-refractivity contribution in [2.24, 2.45) is 5.92 Å². The van der Waals surface area contributed by atoms with E-state index in [0.29, 0.717) is 0 Å². The van der Waals surface area contributed by atoms with Crippen LogP contribution >= 0.6 is 0 Å². The second-order valence-electron chi connectivity index (χ2n) is 6.33. The average Bonchev–Trinajstić information content (AvgIpc) is 2.79. The number of amides is 1. The highest BCUT2D eigenvalue weighted by atomic mass is 16.2. The minimum absolute atomic E-state index is 0.0192. The highest BCUT2D eigenvalue weighted by molar-refractivity contribution is 5.86. The number of H-pyrrole nitrogens is 1. The van der Waals surface area contributed by atoms with E-state index in [0.717, 1.165) is 31.5 Å². The van der Waals surface area contributed by atoms with Crippen LogP contribution in [0.2, 0.25) is 0 Å². The summed E-state index contributed by atoms with van der Waals surface area (Å²) >= 11 is 0. The first-order chi connectivity index (χ1) is 10.2. The summed E-state index contributed by atoms with van der Waals surface area (Å²) in [6.45, 7) is 0.977. The number of fused-ring (bicyclic) bond motifs is 3. The Labute approximate surface area is 124 Å². The zero-order chi connectivity index (χ0) is 14.4. The molecule has 4 nitrogen and oxygen atoms in total. The van der Waals surface area contributed by atoms with Crippen molar-refractivity contribution in [3.8, 4) is 0 Å². The zero-order valence-corrected chi connectivity index (χ0v) is 12.4. The summed E-state index contributed by atoms with van der Waals surface area (Å²) in [5.74, 6) is 0.442. The summed E-state index contributed by atoms with van der Waals surface area (Å²) < 4.78 is 0. The van der Waals surface area contributed by atoms with Crippen LogP contribution < -0.4 is 5.32 Å². The normalized spacial score (nSPS) is 22.8. The van der Waals surface area contributed by atoms with Crippen molar-refractivity contribution in [3.63, 3.8) is 0 Å². The van der Waals surface area contributed by atoms with Gasteiger partial charge in [0.25, 0.3) is 0 Å². The van der Waals surface area contributed by atoms with E-state index in [9.17, 15) is 4.79 Å². The molecule has 1 saturated carbocycles. The lowest BCUT2D eigenvalue weighted by atomic mass is 9.84. The number of nitrogens with zero attached hydrogens (tertiary/aromatic N) is 1. The molecule has 2 N–H and O–H groups in total. The van der Waals surface area contributed by atoms with Gasteiger partial charge in [-0.25, -0.2) is 0 Å². The van der Waals surface area contributed by atoms with E-state index in [4.69, 9.17) is 0 Å². The molecule has 21 heavy (non-hydrogen) atoms. The Hall–Kier alpha value is -1.81. The quantitative estimate of drug-likeness (QED) is 0.890. The third-order valence-electron chi connectivity index (χ3n) is 5.03. The van der Waals surface area contributed by atoms with Gasteiger partial charge in [0.15, 0.2) is 0 Å². The van der Waals surface area contributed by atoms with Gasteiger partial charge >= 0.3 is 0 Å². The van der Waals surface area contributed by atoms with Crippen LogP contribution in [0.15, 0.2) is 24.3 Å². The lowest BCUT2D eigenvalue weighted by Gasteiger charge is -2.35. The molecule has 0 bridgehead atoms. The van der Waals surface area contributed by atoms with Gasteiger partial charge in [-0.1, -0.05) is 24.6 Å². The lowest BCUT2D eigenvalue weighted by molar-refractivity contribution is -0.129. The van der Waals surface area contributed by atoms with Gasteiger partial charge in [0.1, 0.15) is 6.17 Å². The number of hydrogen-bond donors (Lipinski definition) is 2. The topological polar surface area (TPSA) is 48.1 Å². The number of aromatic amines is 1. The van der Waals surface area contributed by atoms with Gasteiger partial charge in [-0.2, -0.15) is 0 Å². The van der Waals surface area contributed by atoms with Crippen LogP contribution in [0.4, 0.5) is 0 Å². The first-order valence-corrected chi connectivity index (χ1v) is 7.84. The Kier molecular flexibility index (Phi) is 3.00. The molecule has 2 aliphatic rings. The van der Waals surface area contributed by atoms with Gasteiger partial charge in [0, 0.05) is 23.4 Å². The maximum atomic E-state index is 12.3. The highest BCUT2D eigenvalue weighted by Crippen LogP contribution is 2.33. The minimum atomic E-state index is -0.0192. The Morgan fingerprint density at radius 2 is 2.14 bits per heavy atom. The molecule has 1 aromatic heterocycles. The number of carbonyl (C=O) groups excluding carboxylic acids is 1. The van der Waals surface area contributed by atoms with E-state index in [1.807, 2.05) is 0 Å². The van der Waals surface area contributed by atoms with Crippen LogP contribution in [0.5, 0.6) is 0 Å². The van der Waals surface area contributed by atoms with Crippen molar-refractivity contribution in [1.82, 2.24) is 15.2 Å². The zero-order valence-electron chi connectivity index (χ0n) is 12.4. The maximum absolute atomic E-state index is 12.3. The average molecular weight is 283 g/mol. The van der Waals surface area contributed by atoms with Crippen molar-refractivity contribution in [2.75, 3.05) is 13.6 Å². The maximum Gasteiger partial charge on any atom is 0.224 e. The second kappa shape index (κ2) is 4.88. The van der Waals surface area contributed by atoms with Gasteiger partial charge in [0.2, 0.25) is 5.91 Å². The number of rotatable bonds is 2. The molecule has 1 unspecified atom stereocenters. The van der Waals surface area contributed by atoms with Gasteiger partial charge < -0.3 is 10.3 Å². The molecule has 110 valence electrons. The SMILES string of the molecule is CN1CCc2c([nH]c3ccccc23)C1NC(=O)C1CCC1. The third kappa shape index (κ3) is 2.05. The van der Waals surface area contributed by atoms with Gasteiger partial charge in [0.05, 0.1) is 5.69 Å². The molecule has 1 aromatic carbocycles. The molecule has 1 fully saturated rings. The molecule has 1 atom stereocenters. The molecule has 2 heterocycles. The Balaban J connectivity index is 1.69. The summed E-state index contributed by atoms with van der Waals surface area (Å²) in [6.07, 6.45) is 4.29. The first kappa shape index (κ1) is 12.9. The van der Waals surface area contributed by atoms with Crippen LogP contribution in [0.1, 0.15) is 36.7 Å². The van der Waals surface area contributed by atoms with Gasteiger partial charge in [-0.15, -0.1) is 0 Å². The molecule has 4 heteroatoms. The monoisotopic (exact) mass is 283 g/mol. The fraction of sp³-hybridized carbons (Fsp3) is 0.471. The van der Waals surface area contributed by atoms with Crippen LogP contribution in [0.25, 0.3) is 10.9 Å². The van der Waals surface area contributed by atoms with Gasteiger partial charge in [-0.05, 0) is 37.9 Å². The predicted octanol–water partition coefficient (Wildman–Crippen LogP) is 2.57. The molecule has 2 aromatic rings. The predicted molar refractivity (Wildman–Crippen MR) is 82.9 cm³/mol. The van der Waals surface area contributed by atoms with Gasteiger partial charge in [-0.3, -0.25) is 9.69 Å².